The third kappa shape index (κ3) is 3.82. The van der Waals surface area contributed by atoms with E-state index in [0.717, 1.165) is 18.4 Å². The van der Waals surface area contributed by atoms with E-state index in [9.17, 15) is 14.7 Å². The molecule has 0 bridgehead atoms. The molecule has 1 aromatic carbocycles. The van der Waals surface area contributed by atoms with Crippen molar-refractivity contribution in [2.75, 3.05) is 13.2 Å². The predicted molar refractivity (Wildman–Crippen MR) is 117 cm³/mol. The van der Waals surface area contributed by atoms with Gasteiger partial charge < -0.3 is 14.7 Å². The molecular weight excluding hydrogens is 398 g/mol. The highest BCUT2D eigenvalue weighted by Gasteiger charge is 2.45. The number of carbonyl (C=O) groups is 2. The van der Waals surface area contributed by atoms with E-state index >= 15 is 0 Å². The Morgan fingerprint density at radius 2 is 1.97 bits per heavy atom. The molecule has 3 heterocycles. The molecule has 1 fully saturated rings. The van der Waals surface area contributed by atoms with Crippen LogP contribution >= 0.6 is 11.3 Å². The molecular formula is C24H27NO4S. The summed E-state index contributed by atoms with van der Waals surface area (Å²) in [4.78, 5) is 28.3. The van der Waals surface area contributed by atoms with Crippen molar-refractivity contribution in [2.24, 2.45) is 0 Å². The van der Waals surface area contributed by atoms with Gasteiger partial charge in [0.05, 0.1) is 22.6 Å². The number of rotatable bonds is 5. The van der Waals surface area contributed by atoms with Gasteiger partial charge >= 0.3 is 0 Å². The lowest BCUT2D eigenvalue weighted by molar-refractivity contribution is -0.131. The molecule has 158 valence electrons. The smallest absolute Gasteiger partial charge is 0.290 e. The van der Waals surface area contributed by atoms with Crippen LogP contribution in [0.25, 0.3) is 0 Å². The first kappa shape index (κ1) is 20.8. The summed E-state index contributed by atoms with van der Waals surface area (Å²) in [6.07, 6.45) is 1.75. The number of Topliss-reactive ketones (excluding diaryl/α,β-unsaturated/α-hetero) is 1. The van der Waals surface area contributed by atoms with E-state index in [4.69, 9.17) is 4.74 Å². The van der Waals surface area contributed by atoms with E-state index in [1.807, 2.05) is 29.6 Å². The van der Waals surface area contributed by atoms with Crippen LogP contribution in [0.1, 0.15) is 60.5 Å². The number of aliphatic hydroxyl groups is 1. The second-order valence-electron chi connectivity index (χ2n) is 8.94. The Morgan fingerprint density at radius 1 is 1.23 bits per heavy atom. The summed E-state index contributed by atoms with van der Waals surface area (Å²) in [5, 5.41) is 12.5. The highest BCUT2D eigenvalue weighted by molar-refractivity contribution is 7.12. The molecule has 1 amide bonds. The van der Waals surface area contributed by atoms with Crippen LogP contribution in [0.2, 0.25) is 0 Å². The maximum absolute atomic E-state index is 13.2. The van der Waals surface area contributed by atoms with Crippen LogP contribution in [0.5, 0.6) is 0 Å². The Bertz CT molecular complexity index is 964. The third-order valence-electron chi connectivity index (χ3n) is 5.81. The summed E-state index contributed by atoms with van der Waals surface area (Å²) >= 11 is 1.31. The van der Waals surface area contributed by atoms with E-state index in [1.165, 1.54) is 16.9 Å². The van der Waals surface area contributed by atoms with Crippen molar-refractivity contribution in [3.63, 3.8) is 0 Å². The van der Waals surface area contributed by atoms with E-state index in [0.29, 0.717) is 18.0 Å². The first-order valence-corrected chi connectivity index (χ1v) is 11.2. The van der Waals surface area contributed by atoms with Gasteiger partial charge in [-0.05, 0) is 40.8 Å². The lowest BCUT2D eigenvalue weighted by Crippen LogP contribution is -2.37. The molecule has 0 unspecified atom stereocenters. The largest absolute Gasteiger partial charge is 0.503 e. The van der Waals surface area contributed by atoms with Gasteiger partial charge in [-0.3, -0.25) is 9.59 Å². The quantitative estimate of drug-likeness (QED) is 0.699. The topological polar surface area (TPSA) is 66.8 Å². The molecule has 0 saturated carbocycles. The predicted octanol–water partition coefficient (Wildman–Crippen LogP) is 4.80. The average molecular weight is 426 g/mol. The Labute approximate surface area is 181 Å². The van der Waals surface area contributed by atoms with E-state index in [-0.39, 0.29) is 22.9 Å². The number of nitrogens with zero attached hydrogens (tertiary/aromatic N) is 1. The molecule has 6 heteroatoms. The number of ether oxygens (including phenoxy) is 1. The number of ketones is 1. The molecule has 1 aromatic heterocycles. The lowest BCUT2D eigenvalue weighted by Gasteiger charge is -2.29. The van der Waals surface area contributed by atoms with Gasteiger partial charge in [-0.1, -0.05) is 51.1 Å². The van der Waals surface area contributed by atoms with Gasteiger partial charge in [-0.2, -0.15) is 0 Å². The lowest BCUT2D eigenvalue weighted by atomic mass is 9.85. The zero-order valence-corrected chi connectivity index (χ0v) is 18.4. The first-order chi connectivity index (χ1) is 14.3. The molecule has 0 spiro atoms. The number of amides is 1. The minimum Gasteiger partial charge on any atom is -0.503 e. The molecule has 5 nitrogen and oxygen atoms in total. The van der Waals surface area contributed by atoms with E-state index in [2.05, 4.69) is 20.8 Å². The van der Waals surface area contributed by atoms with Crippen LogP contribution in [0.15, 0.2) is 53.1 Å². The van der Waals surface area contributed by atoms with Gasteiger partial charge in [0.1, 0.15) is 0 Å². The van der Waals surface area contributed by atoms with Crippen LogP contribution in [0, 0.1) is 0 Å². The van der Waals surface area contributed by atoms with Gasteiger partial charge in [0, 0.05) is 13.2 Å². The fourth-order valence-corrected chi connectivity index (χ4v) is 4.81. The highest BCUT2D eigenvalue weighted by Crippen LogP contribution is 2.40. The SMILES string of the molecule is CC(C)(C)c1ccc([C@H]2C(C(=O)c3cccs3)=C(O)C(=O)N2C[C@@H]2CCCO2)cc1. The Hall–Kier alpha value is -2.44. The molecule has 2 aromatic rings. The van der Waals surface area contributed by atoms with Gasteiger partial charge in [0.15, 0.2) is 5.76 Å². The molecule has 1 saturated heterocycles. The molecule has 4 rings (SSSR count). The van der Waals surface area contributed by atoms with Crippen molar-refractivity contribution in [1.29, 1.82) is 0 Å². The molecule has 30 heavy (non-hydrogen) atoms. The number of thiophene rings is 1. The second kappa shape index (κ2) is 8.00. The van der Waals surface area contributed by atoms with Crippen LogP contribution < -0.4 is 0 Å². The first-order valence-electron chi connectivity index (χ1n) is 10.3. The van der Waals surface area contributed by atoms with Crippen molar-refractivity contribution in [3.8, 4) is 0 Å². The Balaban J connectivity index is 1.75. The fourth-order valence-electron chi connectivity index (χ4n) is 4.13. The van der Waals surface area contributed by atoms with Gasteiger partial charge in [0.25, 0.3) is 5.91 Å². The molecule has 2 aliphatic rings. The maximum Gasteiger partial charge on any atom is 0.290 e. The second-order valence-corrected chi connectivity index (χ2v) is 9.88. The van der Waals surface area contributed by atoms with Gasteiger partial charge in [-0.15, -0.1) is 11.3 Å². The molecule has 2 aliphatic heterocycles. The summed E-state index contributed by atoms with van der Waals surface area (Å²) in [5.41, 5.74) is 2.14. The number of hydrogen-bond donors (Lipinski definition) is 1. The summed E-state index contributed by atoms with van der Waals surface area (Å²) in [5.74, 6) is -1.25. The third-order valence-corrected chi connectivity index (χ3v) is 6.68. The molecule has 0 radical (unpaired) electrons. The highest BCUT2D eigenvalue weighted by atomic mass is 32.1. The maximum atomic E-state index is 13.2. The molecule has 2 atom stereocenters. The van der Waals surface area contributed by atoms with Crippen molar-refractivity contribution < 1.29 is 19.4 Å². The summed E-state index contributed by atoms with van der Waals surface area (Å²) in [6.45, 7) is 7.46. The number of carbonyl (C=O) groups excluding carboxylic acids is 2. The van der Waals surface area contributed by atoms with E-state index in [1.54, 1.807) is 17.0 Å². The fraction of sp³-hybridized carbons (Fsp3) is 0.417. The Kier molecular flexibility index (Phi) is 5.55. The standard InChI is InChI=1S/C24H27NO4S/c1-24(2,3)16-10-8-15(9-11-16)20-19(21(26)18-7-5-13-30-18)22(27)23(28)25(20)14-17-6-4-12-29-17/h5,7-11,13,17,20,27H,4,6,12,14H2,1-3H3/t17-,20-/m0/s1. The Morgan fingerprint density at radius 3 is 2.53 bits per heavy atom. The summed E-state index contributed by atoms with van der Waals surface area (Å²) in [6, 6.07) is 10.9. The van der Waals surface area contributed by atoms with Crippen molar-refractivity contribution >= 4 is 23.0 Å². The summed E-state index contributed by atoms with van der Waals surface area (Å²) in [7, 11) is 0. The molecule has 1 N–H and O–H groups in total. The molecule has 0 aliphatic carbocycles. The monoisotopic (exact) mass is 425 g/mol. The van der Waals surface area contributed by atoms with Crippen LogP contribution in [-0.2, 0) is 14.9 Å². The minimum absolute atomic E-state index is 0.00496. The van der Waals surface area contributed by atoms with Crippen LogP contribution in [0.3, 0.4) is 0 Å². The zero-order valence-electron chi connectivity index (χ0n) is 17.6. The average Bonchev–Trinajstić information content (AvgIpc) is 3.46. The van der Waals surface area contributed by atoms with Crippen molar-refractivity contribution in [1.82, 2.24) is 4.90 Å². The zero-order chi connectivity index (χ0) is 21.5. The van der Waals surface area contributed by atoms with Gasteiger partial charge in [-0.25, -0.2) is 0 Å². The van der Waals surface area contributed by atoms with E-state index < -0.39 is 17.7 Å². The van der Waals surface area contributed by atoms with Crippen molar-refractivity contribution in [2.45, 2.75) is 51.2 Å². The number of aliphatic hydroxyl groups excluding tert-OH is 1. The number of hydrogen-bond acceptors (Lipinski definition) is 5. The van der Waals surface area contributed by atoms with Crippen LogP contribution in [0.4, 0.5) is 0 Å². The minimum atomic E-state index is -0.620. The normalized spacial score (nSPS) is 22.2. The number of benzene rings is 1. The van der Waals surface area contributed by atoms with Gasteiger partial charge in [0.2, 0.25) is 5.78 Å². The van der Waals surface area contributed by atoms with Crippen molar-refractivity contribution in [3.05, 3.63) is 69.1 Å². The van der Waals surface area contributed by atoms with Crippen LogP contribution in [-0.4, -0.2) is 41.0 Å². The summed E-state index contributed by atoms with van der Waals surface area (Å²) < 4.78 is 5.74.